The predicted octanol–water partition coefficient (Wildman–Crippen LogP) is 2.51. The largest absolute Gasteiger partial charge is 0.355 e. The zero-order valence-electron chi connectivity index (χ0n) is 10.2. The standard InChI is InChI=1S/C14H16N2O/c1-9-7-8-16-11-6-4-3-5-10(11)12(13(9)16)14(17)15-2/h3-6,9H,7-8H2,1-2H3,(H,15,17). The van der Waals surface area contributed by atoms with E-state index in [0.717, 1.165) is 23.9 Å². The lowest BCUT2D eigenvalue weighted by Crippen LogP contribution is -2.19. The highest BCUT2D eigenvalue weighted by atomic mass is 16.1. The van der Waals surface area contributed by atoms with Gasteiger partial charge in [0.2, 0.25) is 0 Å². The van der Waals surface area contributed by atoms with Gasteiger partial charge in [0.1, 0.15) is 0 Å². The van der Waals surface area contributed by atoms with Gasteiger partial charge in [0.15, 0.2) is 0 Å². The molecule has 1 aliphatic rings. The predicted molar refractivity (Wildman–Crippen MR) is 68.4 cm³/mol. The quantitative estimate of drug-likeness (QED) is 0.799. The van der Waals surface area contributed by atoms with Crippen molar-refractivity contribution in [1.29, 1.82) is 0 Å². The van der Waals surface area contributed by atoms with E-state index >= 15 is 0 Å². The first kappa shape index (κ1) is 10.4. The van der Waals surface area contributed by atoms with Crippen LogP contribution in [0.15, 0.2) is 24.3 Å². The molecule has 0 saturated heterocycles. The van der Waals surface area contributed by atoms with Crippen LogP contribution in [0.3, 0.4) is 0 Å². The molecule has 0 radical (unpaired) electrons. The first-order valence-electron chi connectivity index (χ1n) is 6.07. The molecule has 2 heterocycles. The number of rotatable bonds is 1. The molecule has 0 spiro atoms. The fraction of sp³-hybridized carbons (Fsp3) is 0.357. The van der Waals surface area contributed by atoms with E-state index in [1.807, 2.05) is 18.2 Å². The molecule has 0 saturated carbocycles. The molecule has 0 aliphatic carbocycles. The van der Waals surface area contributed by atoms with Gasteiger partial charge in [-0.1, -0.05) is 25.1 Å². The summed E-state index contributed by atoms with van der Waals surface area (Å²) in [5, 5.41) is 3.83. The van der Waals surface area contributed by atoms with Gasteiger partial charge in [-0.25, -0.2) is 0 Å². The highest BCUT2D eigenvalue weighted by Gasteiger charge is 2.29. The van der Waals surface area contributed by atoms with Crippen LogP contribution in [-0.4, -0.2) is 17.5 Å². The van der Waals surface area contributed by atoms with Crippen LogP contribution in [0, 0.1) is 0 Å². The highest BCUT2D eigenvalue weighted by Crippen LogP contribution is 2.37. The number of hydrogen-bond donors (Lipinski definition) is 1. The molecule has 1 aliphatic heterocycles. The molecule has 0 bridgehead atoms. The van der Waals surface area contributed by atoms with Crippen molar-refractivity contribution in [2.24, 2.45) is 0 Å². The first-order valence-corrected chi connectivity index (χ1v) is 6.07. The van der Waals surface area contributed by atoms with Crippen LogP contribution < -0.4 is 5.32 Å². The average molecular weight is 228 g/mol. The van der Waals surface area contributed by atoms with Gasteiger partial charge in [0.05, 0.1) is 5.56 Å². The van der Waals surface area contributed by atoms with E-state index in [0.29, 0.717) is 5.92 Å². The summed E-state index contributed by atoms with van der Waals surface area (Å²) in [4.78, 5) is 12.1. The number of para-hydroxylation sites is 1. The zero-order chi connectivity index (χ0) is 12.0. The summed E-state index contributed by atoms with van der Waals surface area (Å²) < 4.78 is 2.30. The summed E-state index contributed by atoms with van der Waals surface area (Å²) in [7, 11) is 1.70. The number of nitrogens with one attached hydrogen (secondary N) is 1. The number of amides is 1. The van der Waals surface area contributed by atoms with Crippen LogP contribution >= 0.6 is 0 Å². The van der Waals surface area contributed by atoms with Gasteiger partial charge >= 0.3 is 0 Å². The van der Waals surface area contributed by atoms with Crippen LogP contribution in [-0.2, 0) is 6.54 Å². The lowest BCUT2D eigenvalue weighted by Gasteiger charge is -2.05. The van der Waals surface area contributed by atoms with Gasteiger partial charge in [-0.15, -0.1) is 0 Å². The van der Waals surface area contributed by atoms with Crippen LogP contribution in [0.2, 0.25) is 0 Å². The van der Waals surface area contributed by atoms with E-state index in [1.165, 1.54) is 11.2 Å². The van der Waals surface area contributed by atoms with Crippen LogP contribution in [0.1, 0.15) is 35.3 Å². The molecule has 1 unspecified atom stereocenters. The van der Waals surface area contributed by atoms with Crippen LogP contribution in [0.5, 0.6) is 0 Å². The third-order valence-electron chi connectivity index (χ3n) is 3.72. The normalized spacial score (nSPS) is 18.4. The van der Waals surface area contributed by atoms with Crippen molar-refractivity contribution in [1.82, 2.24) is 9.88 Å². The van der Waals surface area contributed by atoms with Crippen molar-refractivity contribution in [3.05, 3.63) is 35.5 Å². The van der Waals surface area contributed by atoms with E-state index < -0.39 is 0 Å². The summed E-state index contributed by atoms with van der Waals surface area (Å²) in [5.74, 6) is 0.499. The van der Waals surface area contributed by atoms with Crippen molar-refractivity contribution >= 4 is 16.8 Å². The number of carbonyl (C=O) groups is 1. The molecule has 0 fully saturated rings. The first-order chi connectivity index (χ1) is 8.24. The van der Waals surface area contributed by atoms with E-state index in [9.17, 15) is 4.79 Å². The molecule has 1 aromatic heterocycles. The van der Waals surface area contributed by atoms with Crippen molar-refractivity contribution in [3.63, 3.8) is 0 Å². The molecule has 88 valence electrons. The Kier molecular flexibility index (Phi) is 2.21. The number of benzene rings is 1. The maximum atomic E-state index is 12.1. The number of carbonyl (C=O) groups excluding carboxylic acids is 1. The summed E-state index contributed by atoms with van der Waals surface area (Å²) in [6, 6.07) is 8.17. The molecule has 3 rings (SSSR count). The molecule has 1 atom stereocenters. The Balaban J connectivity index is 2.39. The van der Waals surface area contributed by atoms with Crippen molar-refractivity contribution in [2.75, 3.05) is 7.05 Å². The van der Waals surface area contributed by atoms with Crippen molar-refractivity contribution in [3.8, 4) is 0 Å². The molecule has 1 aromatic carbocycles. The minimum Gasteiger partial charge on any atom is -0.355 e. The van der Waals surface area contributed by atoms with Gasteiger partial charge in [0.25, 0.3) is 5.91 Å². The van der Waals surface area contributed by atoms with Crippen LogP contribution in [0.4, 0.5) is 0 Å². The summed E-state index contributed by atoms with van der Waals surface area (Å²) in [6.45, 7) is 3.22. The Hall–Kier alpha value is -1.77. The number of hydrogen-bond acceptors (Lipinski definition) is 1. The van der Waals surface area contributed by atoms with E-state index in [2.05, 4.69) is 22.9 Å². The lowest BCUT2D eigenvalue weighted by molar-refractivity contribution is 0.0963. The Morgan fingerprint density at radius 3 is 2.94 bits per heavy atom. The Labute approximate surface area is 100 Å². The summed E-state index contributed by atoms with van der Waals surface area (Å²) >= 11 is 0. The topological polar surface area (TPSA) is 34.0 Å². The van der Waals surface area contributed by atoms with Gasteiger partial charge in [0, 0.05) is 30.2 Å². The number of nitrogens with zero attached hydrogens (tertiary/aromatic N) is 1. The number of aryl methyl sites for hydroxylation is 1. The molecular weight excluding hydrogens is 212 g/mol. The molecular formula is C14H16N2O. The molecule has 3 heteroatoms. The number of aromatic nitrogens is 1. The van der Waals surface area contributed by atoms with Gasteiger partial charge in [-0.3, -0.25) is 4.79 Å². The van der Waals surface area contributed by atoms with E-state index in [-0.39, 0.29) is 5.91 Å². The third-order valence-corrected chi connectivity index (χ3v) is 3.72. The third kappa shape index (κ3) is 1.32. The molecule has 17 heavy (non-hydrogen) atoms. The Bertz CT molecular complexity index is 598. The maximum Gasteiger partial charge on any atom is 0.253 e. The van der Waals surface area contributed by atoms with Gasteiger partial charge in [-0.05, 0) is 18.4 Å². The lowest BCUT2D eigenvalue weighted by atomic mass is 10.0. The maximum absolute atomic E-state index is 12.1. The van der Waals surface area contributed by atoms with Gasteiger partial charge < -0.3 is 9.88 Å². The second-order valence-electron chi connectivity index (χ2n) is 4.70. The van der Waals surface area contributed by atoms with Crippen molar-refractivity contribution < 1.29 is 4.79 Å². The van der Waals surface area contributed by atoms with Gasteiger partial charge in [-0.2, -0.15) is 0 Å². The fourth-order valence-corrected chi connectivity index (χ4v) is 2.90. The van der Waals surface area contributed by atoms with Crippen molar-refractivity contribution in [2.45, 2.75) is 25.8 Å². The molecule has 1 amide bonds. The van der Waals surface area contributed by atoms with E-state index in [4.69, 9.17) is 0 Å². The monoisotopic (exact) mass is 228 g/mol. The second kappa shape index (κ2) is 3.62. The average Bonchev–Trinajstić information content (AvgIpc) is 2.87. The summed E-state index contributed by atoms with van der Waals surface area (Å²) in [6.07, 6.45) is 1.13. The smallest absolute Gasteiger partial charge is 0.253 e. The van der Waals surface area contributed by atoms with E-state index in [1.54, 1.807) is 7.05 Å². The minimum absolute atomic E-state index is 0.0312. The minimum atomic E-state index is 0.0312. The molecule has 3 nitrogen and oxygen atoms in total. The Morgan fingerprint density at radius 2 is 2.18 bits per heavy atom. The number of fused-ring (bicyclic) bond motifs is 3. The highest BCUT2D eigenvalue weighted by molar-refractivity contribution is 6.08. The molecule has 2 aromatic rings. The fourth-order valence-electron chi connectivity index (χ4n) is 2.90. The second-order valence-corrected chi connectivity index (χ2v) is 4.70. The zero-order valence-corrected chi connectivity index (χ0v) is 10.2. The summed E-state index contributed by atoms with van der Waals surface area (Å²) in [5.41, 5.74) is 3.25. The Morgan fingerprint density at radius 1 is 1.41 bits per heavy atom. The molecule has 1 N–H and O–H groups in total. The van der Waals surface area contributed by atoms with Crippen LogP contribution in [0.25, 0.3) is 10.9 Å². The SMILES string of the molecule is CNC(=O)c1c2n(c3ccccc13)CCC2C.